The van der Waals surface area contributed by atoms with Gasteiger partial charge in [0.15, 0.2) is 0 Å². The summed E-state index contributed by atoms with van der Waals surface area (Å²) in [6.45, 7) is 2.55. The van der Waals surface area contributed by atoms with E-state index in [2.05, 4.69) is 9.97 Å². The maximum Gasteiger partial charge on any atom is 0.240 e. The molecule has 6 nitrogen and oxygen atoms in total. The fourth-order valence-corrected chi connectivity index (χ4v) is 2.65. The lowest BCUT2D eigenvalue weighted by Crippen LogP contribution is -2.47. The van der Waals surface area contributed by atoms with Crippen LogP contribution in [0.5, 0.6) is 0 Å². The van der Waals surface area contributed by atoms with Gasteiger partial charge >= 0.3 is 0 Å². The molecule has 0 bridgehead atoms. The van der Waals surface area contributed by atoms with E-state index < -0.39 is 0 Å². The van der Waals surface area contributed by atoms with Gasteiger partial charge < -0.3 is 15.0 Å². The van der Waals surface area contributed by atoms with Gasteiger partial charge in [0.1, 0.15) is 0 Å². The average Bonchev–Trinajstić information content (AvgIpc) is 2.97. The average molecular weight is 330 g/mol. The van der Waals surface area contributed by atoms with Gasteiger partial charge in [-0.2, -0.15) is 0 Å². The highest BCUT2D eigenvalue weighted by Crippen LogP contribution is 2.13. The first-order valence-corrected chi connectivity index (χ1v) is 8.11. The molecule has 0 radical (unpaired) electrons. The Hall–Kier alpha value is -2.18. The number of carbonyl (C=O) groups is 1. The van der Waals surface area contributed by atoms with Crippen molar-refractivity contribution >= 4 is 5.91 Å². The van der Waals surface area contributed by atoms with Gasteiger partial charge in [-0.15, -0.1) is 0 Å². The number of benzene rings is 1. The molecule has 0 aliphatic carbocycles. The van der Waals surface area contributed by atoms with E-state index in [1.54, 1.807) is 11.2 Å². The third kappa shape index (κ3) is 4.66. The Bertz CT molecular complexity index is 639. The zero-order valence-corrected chi connectivity index (χ0v) is 14.6. The minimum Gasteiger partial charge on any atom is -0.395 e. The lowest BCUT2D eigenvalue weighted by Gasteiger charge is -2.30. The third-order valence-electron chi connectivity index (χ3n) is 4.14. The number of aliphatic hydroxyl groups is 1. The molecule has 0 aliphatic heterocycles. The Labute approximate surface area is 143 Å². The number of H-pyrrole nitrogens is 1. The van der Waals surface area contributed by atoms with Crippen LogP contribution in [-0.4, -0.2) is 64.1 Å². The number of hydrogen-bond acceptors (Lipinski definition) is 4. The van der Waals surface area contributed by atoms with Gasteiger partial charge in [0, 0.05) is 12.2 Å². The van der Waals surface area contributed by atoms with Crippen LogP contribution in [0.2, 0.25) is 0 Å². The van der Waals surface area contributed by atoms with Crippen LogP contribution in [0, 0.1) is 6.92 Å². The number of aliphatic hydroxyl groups excluding tert-OH is 1. The number of imidazole rings is 1. The van der Waals surface area contributed by atoms with Crippen molar-refractivity contribution in [3.63, 3.8) is 0 Å². The SMILES string of the molecule is Cc1[nH]cnc1CN(CCO)C(=O)[C@H](Cc1ccccc1)N(C)C. The van der Waals surface area contributed by atoms with E-state index in [9.17, 15) is 9.90 Å². The van der Waals surface area contributed by atoms with Crippen molar-refractivity contribution in [2.45, 2.75) is 25.9 Å². The summed E-state index contributed by atoms with van der Waals surface area (Å²) in [6.07, 6.45) is 2.26. The number of nitrogens with one attached hydrogen (secondary N) is 1. The first-order valence-electron chi connectivity index (χ1n) is 8.11. The number of aryl methyl sites for hydroxylation is 1. The van der Waals surface area contributed by atoms with Gasteiger partial charge in [-0.1, -0.05) is 30.3 Å². The number of hydrogen-bond donors (Lipinski definition) is 2. The lowest BCUT2D eigenvalue weighted by atomic mass is 10.0. The van der Waals surface area contributed by atoms with Crippen molar-refractivity contribution in [2.75, 3.05) is 27.2 Å². The number of aromatic nitrogens is 2. The summed E-state index contributed by atoms with van der Waals surface area (Å²) in [5.74, 6) is 0.000281. The number of nitrogens with zero attached hydrogens (tertiary/aromatic N) is 3. The molecule has 1 amide bonds. The maximum atomic E-state index is 13.1. The highest BCUT2D eigenvalue weighted by atomic mass is 16.3. The van der Waals surface area contributed by atoms with Gasteiger partial charge in [-0.25, -0.2) is 4.98 Å². The standard InChI is InChI=1S/C18H26N4O2/c1-14-16(20-13-19-14)12-22(9-10-23)18(24)17(21(2)3)11-15-7-5-4-6-8-15/h4-8,13,17,23H,9-12H2,1-3H3,(H,19,20)/t17-/m0/s1. The molecule has 1 atom stereocenters. The summed E-state index contributed by atoms with van der Waals surface area (Å²) in [6, 6.07) is 9.69. The van der Waals surface area contributed by atoms with Crippen LogP contribution in [0.25, 0.3) is 0 Å². The van der Waals surface area contributed by atoms with Crippen molar-refractivity contribution in [1.29, 1.82) is 0 Å². The van der Waals surface area contributed by atoms with E-state index in [1.165, 1.54) is 0 Å². The number of carbonyl (C=O) groups excluding carboxylic acids is 1. The maximum absolute atomic E-state index is 13.1. The number of aromatic amines is 1. The summed E-state index contributed by atoms with van der Waals surface area (Å²) in [5.41, 5.74) is 2.88. The molecule has 130 valence electrons. The molecular weight excluding hydrogens is 304 g/mol. The molecule has 0 unspecified atom stereocenters. The van der Waals surface area contributed by atoms with Crippen molar-refractivity contribution in [3.8, 4) is 0 Å². The smallest absolute Gasteiger partial charge is 0.240 e. The van der Waals surface area contributed by atoms with Crippen LogP contribution in [0.4, 0.5) is 0 Å². The molecular formula is C18H26N4O2. The second kappa shape index (κ2) is 8.61. The molecule has 1 aromatic carbocycles. The van der Waals surface area contributed by atoms with Crippen molar-refractivity contribution in [2.24, 2.45) is 0 Å². The Morgan fingerprint density at radius 2 is 2.00 bits per heavy atom. The minimum atomic E-state index is -0.279. The summed E-state index contributed by atoms with van der Waals surface area (Å²) in [7, 11) is 3.81. The Morgan fingerprint density at radius 1 is 1.29 bits per heavy atom. The molecule has 1 heterocycles. The van der Waals surface area contributed by atoms with E-state index in [0.29, 0.717) is 19.5 Å². The first-order chi connectivity index (χ1) is 11.5. The normalized spacial score (nSPS) is 12.4. The van der Waals surface area contributed by atoms with Crippen LogP contribution in [-0.2, 0) is 17.8 Å². The quantitative estimate of drug-likeness (QED) is 0.763. The van der Waals surface area contributed by atoms with E-state index in [4.69, 9.17) is 0 Å². The molecule has 1 aromatic heterocycles. The van der Waals surface area contributed by atoms with Crippen LogP contribution in [0.3, 0.4) is 0 Å². The van der Waals surface area contributed by atoms with Crippen LogP contribution >= 0.6 is 0 Å². The lowest BCUT2D eigenvalue weighted by molar-refractivity contribution is -0.137. The molecule has 24 heavy (non-hydrogen) atoms. The monoisotopic (exact) mass is 330 g/mol. The van der Waals surface area contributed by atoms with Crippen molar-refractivity contribution in [3.05, 3.63) is 53.6 Å². The highest BCUT2D eigenvalue weighted by molar-refractivity contribution is 5.82. The molecule has 0 aliphatic rings. The zero-order chi connectivity index (χ0) is 17.5. The molecule has 0 saturated heterocycles. The van der Waals surface area contributed by atoms with E-state index in [-0.39, 0.29) is 18.6 Å². The fourth-order valence-electron chi connectivity index (χ4n) is 2.65. The minimum absolute atomic E-state index is 0.000281. The van der Waals surface area contributed by atoms with Crippen molar-refractivity contribution in [1.82, 2.24) is 19.8 Å². The second-order valence-corrected chi connectivity index (χ2v) is 6.13. The third-order valence-corrected chi connectivity index (χ3v) is 4.14. The zero-order valence-electron chi connectivity index (χ0n) is 14.6. The Balaban J connectivity index is 2.16. The largest absolute Gasteiger partial charge is 0.395 e. The van der Waals surface area contributed by atoms with Gasteiger partial charge in [-0.05, 0) is 33.0 Å². The molecule has 0 spiro atoms. The summed E-state index contributed by atoms with van der Waals surface area (Å²) in [4.78, 5) is 23.9. The topological polar surface area (TPSA) is 72.5 Å². The molecule has 0 saturated carbocycles. The van der Waals surface area contributed by atoms with E-state index in [0.717, 1.165) is 17.0 Å². The summed E-state index contributed by atoms with van der Waals surface area (Å²) >= 11 is 0. The van der Waals surface area contributed by atoms with Crippen LogP contribution in [0.1, 0.15) is 17.0 Å². The molecule has 0 fully saturated rings. The van der Waals surface area contributed by atoms with Crippen LogP contribution in [0.15, 0.2) is 36.7 Å². The number of amides is 1. The summed E-state index contributed by atoms with van der Waals surface area (Å²) < 4.78 is 0. The number of rotatable bonds is 8. The highest BCUT2D eigenvalue weighted by Gasteiger charge is 2.27. The molecule has 2 aromatic rings. The second-order valence-electron chi connectivity index (χ2n) is 6.13. The van der Waals surface area contributed by atoms with E-state index in [1.807, 2.05) is 56.3 Å². The van der Waals surface area contributed by atoms with Crippen molar-refractivity contribution < 1.29 is 9.90 Å². The van der Waals surface area contributed by atoms with Gasteiger partial charge in [0.2, 0.25) is 5.91 Å². The molecule has 6 heteroatoms. The molecule has 2 rings (SSSR count). The first kappa shape index (κ1) is 18.2. The number of likely N-dealkylation sites (N-methyl/N-ethyl adjacent to an activating group) is 1. The van der Waals surface area contributed by atoms with Gasteiger partial charge in [-0.3, -0.25) is 9.69 Å². The van der Waals surface area contributed by atoms with E-state index >= 15 is 0 Å². The fraction of sp³-hybridized carbons (Fsp3) is 0.444. The Morgan fingerprint density at radius 3 is 2.54 bits per heavy atom. The molecule has 2 N–H and O–H groups in total. The predicted molar refractivity (Wildman–Crippen MR) is 93.4 cm³/mol. The van der Waals surface area contributed by atoms with Gasteiger partial charge in [0.05, 0.1) is 31.2 Å². The summed E-state index contributed by atoms with van der Waals surface area (Å²) in [5, 5.41) is 9.36. The Kier molecular flexibility index (Phi) is 6.52. The van der Waals surface area contributed by atoms with Gasteiger partial charge in [0.25, 0.3) is 0 Å². The van der Waals surface area contributed by atoms with Crippen LogP contribution < -0.4 is 0 Å². The predicted octanol–water partition coefficient (Wildman–Crippen LogP) is 1.21.